The van der Waals surface area contributed by atoms with Gasteiger partial charge < -0.3 is 9.64 Å². The Balaban J connectivity index is 1.12. The molecule has 7 rings (SSSR count). The van der Waals surface area contributed by atoms with Gasteiger partial charge in [0.25, 0.3) is 5.91 Å². The minimum Gasteiger partial charge on any atom is -0.365 e. The summed E-state index contributed by atoms with van der Waals surface area (Å²) in [5.41, 5.74) is 3.87. The van der Waals surface area contributed by atoms with Gasteiger partial charge in [-0.2, -0.15) is 0 Å². The van der Waals surface area contributed by atoms with Crippen LogP contribution in [0.4, 0.5) is 0 Å². The molecule has 0 saturated carbocycles. The summed E-state index contributed by atoms with van der Waals surface area (Å²) in [5.74, 6) is 0.612. The number of aliphatic imine (C=N–C) groups is 1. The maximum atomic E-state index is 14.5. The number of amides is 1. The predicted octanol–water partition coefficient (Wildman–Crippen LogP) is 5.53. The number of nitrogens with zero attached hydrogens (tertiary/aromatic N) is 4. The van der Waals surface area contributed by atoms with Gasteiger partial charge >= 0.3 is 0 Å². The second-order valence-corrected chi connectivity index (χ2v) is 11.2. The topological polar surface area (TPSA) is 58.0 Å². The van der Waals surface area contributed by atoms with Crippen LogP contribution in [0.2, 0.25) is 0 Å². The van der Waals surface area contributed by atoms with E-state index in [0.717, 1.165) is 50.0 Å². The van der Waals surface area contributed by atoms with Gasteiger partial charge in [0.05, 0.1) is 12.2 Å². The van der Waals surface area contributed by atoms with Gasteiger partial charge in [-0.05, 0) is 60.2 Å². The van der Waals surface area contributed by atoms with Crippen LogP contribution in [0.3, 0.4) is 0 Å². The van der Waals surface area contributed by atoms with Crippen molar-refractivity contribution >= 4 is 11.7 Å². The monoisotopic (exact) mass is 542 g/mol. The highest BCUT2D eigenvalue weighted by Gasteiger charge is 2.51. The van der Waals surface area contributed by atoms with E-state index in [0.29, 0.717) is 24.7 Å². The smallest absolute Gasteiger partial charge is 0.265 e. The molecule has 6 heteroatoms. The highest BCUT2D eigenvalue weighted by atomic mass is 16.5. The Morgan fingerprint density at radius 1 is 0.756 bits per heavy atom. The van der Waals surface area contributed by atoms with Gasteiger partial charge in [-0.25, -0.2) is 4.99 Å². The Labute approximate surface area is 241 Å². The molecule has 0 bridgehead atoms. The molecule has 41 heavy (non-hydrogen) atoms. The quantitative estimate of drug-likeness (QED) is 0.308. The fourth-order valence-electron chi connectivity index (χ4n) is 6.75. The first-order valence-electron chi connectivity index (χ1n) is 14.6. The average Bonchev–Trinajstić information content (AvgIpc) is 3.55. The molecule has 4 aromatic rings. The molecule has 1 aromatic heterocycles. The summed E-state index contributed by atoms with van der Waals surface area (Å²) in [4.78, 5) is 28.7. The number of likely N-dealkylation sites (tertiary alicyclic amines) is 1. The first kappa shape index (κ1) is 25.8. The highest BCUT2D eigenvalue weighted by molar-refractivity contribution is 6.16. The lowest BCUT2D eigenvalue weighted by molar-refractivity contribution is -0.130. The van der Waals surface area contributed by atoms with Crippen molar-refractivity contribution in [1.82, 2.24) is 14.8 Å². The molecule has 6 nitrogen and oxygen atoms in total. The van der Waals surface area contributed by atoms with E-state index in [-0.39, 0.29) is 11.5 Å². The number of aromatic nitrogens is 1. The van der Waals surface area contributed by atoms with Crippen molar-refractivity contribution in [3.05, 3.63) is 137 Å². The second kappa shape index (κ2) is 10.7. The Bertz CT molecular complexity index is 1510. The van der Waals surface area contributed by atoms with Crippen LogP contribution in [-0.4, -0.2) is 52.7 Å². The summed E-state index contributed by atoms with van der Waals surface area (Å²) in [6, 6.07) is 34.3. The summed E-state index contributed by atoms with van der Waals surface area (Å²) in [7, 11) is 0. The van der Waals surface area contributed by atoms with E-state index in [1.54, 1.807) is 6.20 Å². The van der Waals surface area contributed by atoms with Gasteiger partial charge in [0.2, 0.25) is 0 Å². The number of carbonyl (C=O) groups excluding carboxylic acids is 1. The molecular weight excluding hydrogens is 508 g/mol. The summed E-state index contributed by atoms with van der Waals surface area (Å²) in [6.45, 7) is 4.19. The molecule has 3 aromatic carbocycles. The Kier molecular flexibility index (Phi) is 6.73. The number of ether oxygens (including phenoxy) is 1. The normalized spacial score (nSPS) is 19.4. The second-order valence-electron chi connectivity index (χ2n) is 11.2. The number of carbonyl (C=O) groups is 1. The molecule has 0 aliphatic carbocycles. The summed E-state index contributed by atoms with van der Waals surface area (Å²) in [5, 5.41) is 0. The molecule has 1 saturated heterocycles. The van der Waals surface area contributed by atoms with Gasteiger partial charge in [0.1, 0.15) is 5.69 Å². The number of benzene rings is 3. The van der Waals surface area contributed by atoms with Crippen molar-refractivity contribution in [2.75, 3.05) is 26.2 Å². The molecule has 0 radical (unpaired) electrons. The maximum Gasteiger partial charge on any atom is 0.265 e. The van der Waals surface area contributed by atoms with Crippen LogP contribution in [0.1, 0.15) is 47.2 Å². The minimum absolute atomic E-state index is 0.0240. The lowest BCUT2D eigenvalue weighted by Gasteiger charge is -2.39. The fourth-order valence-corrected chi connectivity index (χ4v) is 6.75. The zero-order chi connectivity index (χ0) is 27.7. The summed E-state index contributed by atoms with van der Waals surface area (Å²) >= 11 is 0. The molecular formula is C35H34N4O2. The van der Waals surface area contributed by atoms with Gasteiger partial charge in [0, 0.05) is 25.8 Å². The van der Waals surface area contributed by atoms with Crippen molar-refractivity contribution in [2.45, 2.75) is 37.0 Å². The molecule has 1 spiro atoms. The first-order chi connectivity index (χ1) is 20.2. The molecule has 206 valence electrons. The average molecular weight is 543 g/mol. The Hall–Kier alpha value is -4.13. The van der Waals surface area contributed by atoms with Gasteiger partial charge in [-0.1, -0.05) is 91.0 Å². The largest absolute Gasteiger partial charge is 0.365 e. The van der Waals surface area contributed by atoms with Crippen molar-refractivity contribution in [2.24, 2.45) is 4.99 Å². The maximum absolute atomic E-state index is 14.5. The number of hydrogen-bond acceptors (Lipinski definition) is 5. The third-order valence-electron chi connectivity index (χ3n) is 8.89. The zero-order valence-corrected chi connectivity index (χ0v) is 23.2. The number of rotatable bonds is 7. The SMILES string of the molecule is O=C1N(CCCN2CCC3(CC2)OCc2ccccc23)C(c2ccccn2)=NC1(c1ccccc1)c1ccccc1. The van der Waals surface area contributed by atoms with Gasteiger partial charge in [0.15, 0.2) is 11.4 Å². The van der Waals surface area contributed by atoms with Crippen LogP contribution in [0.15, 0.2) is 114 Å². The van der Waals surface area contributed by atoms with E-state index in [9.17, 15) is 4.79 Å². The van der Waals surface area contributed by atoms with Crippen LogP contribution in [0.25, 0.3) is 0 Å². The van der Waals surface area contributed by atoms with E-state index in [4.69, 9.17) is 9.73 Å². The third kappa shape index (κ3) is 4.48. The Morgan fingerprint density at radius 2 is 1.41 bits per heavy atom. The van der Waals surface area contributed by atoms with Crippen LogP contribution >= 0.6 is 0 Å². The van der Waals surface area contributed by atoms with Crippen LogP contribution in [0.5, 0.6) is 0 Å². The Morgan fingerprint density at radius 3 is 2.10 bits per heavy atom. The third-order valence-corrected chi connectivity index (χ3v) is 8.89. The van der Waals surface area contributed by atoms with Gasteiger partial charge in [-0.15, -0.1) is 0 Å². The van der Waals surface area contributed by atoms with E-state index in [2.05, 4.69) is 34.1 Å². The molecule has 0 unspecified atom stereocenters. The number of fused-ring (bicyclic) bond motifs is 2. The summed E-state index contributed by atoms with van der Waals surface area (Å²) in [6.07, 6.45) is 4.61. The molecule has 0 N–H and O–H groups in total. The molecule has 3 aliphatic heterocycles. The van der Waals surface area contributed by atoms with Crippen molar-refractivity contribution in [3.63, 3.8) is 0 Å². The number of hydrogen-bond donors (Lipinski definition) is 0. The lowest BCUT2D eigenvalue weighted by atomic mass is 9.83. The van der Waals surface area contributed by atoms with Crippen molar-refractivity contribution < 1.29 is 9.53 Å². The number of piperidine rings is 1. The number of pyridine rings is 1. The standard InChI is InChI=1S/C35H34N4O2/c40-33-35(28-13-3-1-4-14-28,29-15-5-2-6-16-29)37-32(31-18-9-10-21-36-31)39(33)23-11-22-38-24-19-34(20-25-38)30-17-8-7-12-27(30)26-41-34/h1-10,12-18,21H,11,19-20,22-26H2. The lowest BCUT2D eigenvalue weighted by Crippen LogP contribution is -2.45. The van der Waals surface area contributed by atoms with Crippen molar-refractivity contribution in [3.8, 4) is 0 Å². The molecule has 1 amide bonds. The highest BCUT2D eigenvalue weighted by Crippen LogP contribution is 2.44. The zero-order valence-electron chi connectivity index (χ0n) is 23.2. The molecule has 0 atom stereocenters. The van der Waals surface area contributed by atoms with Crippen LogP contribution < -0.4 is 0 Å². The predicted molar refractivity (Wildman–Crippen MR) is 159 cm³/mol. The fraction of sp³-hybridized carbons (Fsp3) is 0.286. The van der Waals surface area contributed by atoms with E-state index in [1.807, 2.05) is 83.8 Å². The number of amidine groups is 1. The van der Waals surface area contributed by atoms with Crippen LogP contribution in [0, 0.1) is 0 Å². The minimum atomic E-state index is -1.14. The van der Waals surface area contributed by atoms with Crippen molar-refractivity contribution in [1.29, 1.82) is 0 Å². The van der Waals surface area contributed by atoms with E-state index in [1.165, 1.54) is 11.1 Å². The van der Waals surface area contributed by atoms with E-state index >= 15 is 0 Å². The van der Waals surface area contributed by atoms with Crippen LogP contribution in [-0.2, 0) is 27.3 Å². The molecule has 3 aliphatic rings. The molecule has 1 fully saturated rings. The van der Waals surface area contributed by atoms with Gasteiger partial charge in [-0.3, -0.25) is 14.7 Å². The molecule has 4 heterocycles. The summed E-state index contributed by atoms with van der Waals surface area (Å²) < 4.78 is 6.37. The van der Waals surface area contributed by atoms with E-state index < -0.39 is 5.54 Å². The first-order valence-corrected chi connectivity index (χ1v) is 14.6.